The summed E-state index contributed by atoms with van der Waals surface area (Å²) in [7, 11) is 0. The molecule has 0 saturated heterocycles. The Labute approximate surface area is 120 Å². The highest BCUT2D eigenvalue weighted by Gasteiger charge is 2.20. The number of aromatic amines is 1. The molecule has 0 aliphatic carbocycles. The van der Waals surface area contributed by atoms with Crippen LogP contribution in [0, 0.1) is 29.6 Å². The van der Waals surface area contributed by atoms with Crippen LogP contribution in [-0.4, -0.2) is 15.1 Å². The molecule has 0 aliphatic heterocycles. The van der Waals surface area contributed by atoms with Crippen LogP contribution in [-0.2, 0) is 0 Å². The van der Waals surface area contributed by atoms with Crippen molar-refractivity contribution in [3.8, 4) is 29.3 Å². The van der Waals surface area contributed by atoms with Gasteiger partial charge in [0.1, 0.15) is 34.6 Å². The monoisotopic (exact) mass is 274 g/mol. The number of hydrogen-bond donors (Lipinski definition) is 2. The lowest BCUT2D eigenvalue weighted by molar-refractivity contribution is 0.478. The molecule has 5 heteroatoms. The minimum absolute atomic E-state index is 0.0994. The quantitative estimate of drug-likeness (QED) is 0.712. The lowest BCUT2D eigenvalue weighted by Crippen LogP contribution is -1.92. The second-order valence-electron chi connectivity index (χ2n) is 4.62. The van der Waals surface area contributed by atoms with Crippen LogP contribution >= 0.6 is 0 Å². The van der Waals surface area contributed by atoms with Crippen molar-refractivity contribution in [2.45, 2.75) is 6.92 Å². The molecule has 3 aromatic rings. The molecule has 0 amide bonds. The van der Waals surface area contributed by atoms with E-state index in [9.17, 15) is 10.4 Å². The van der Waals surface area contributed by atoms with Gasteiger partial charge in [-0.1, -0.05) is 30.3 Å². The zero-order valence-corrected chi connectivity index (χ0v) is 11.2. The summed E-state index contributed by atoms with van der Waals surface area (Å²) in [5, 5.41) is 28.7. The number of hydrogen-bond acceptors (Lipinski definition) is 4. The smallest absolute Gasteiger partial charge is 0.159 e. The Hall–Kier alpha value is -3.31. The third-order valence-corrected chi connectivity index (χ3v) is 3.44. The summed E-state index contributed by atoms with van der Waals surface area (Å²) in [5.41, 5.74) is 2.38. The second-order valence-corrected chi connectivity index (χ2v) is 4.62. The molecule has 0 bridgehead atoms. The van der Waals surface area contributed by atoms with Crippen molar-refractivity contribution in [1.29, 1.82) is 10.5 Å². The average molecular weight is 274 g/mol. The van der Waals surface area contributed by atoms with Crippen molar-refractivity contribution < 1.29 is 5.11 Å². The van der Waals surface area contributed by atoms with Gasteiger partial charge in [-0.2, -0.15) is 10.5 Å². The first-order valence-corrected chi connectivity index (χ1v) is 6.28. The number of nitrogens with zero attached hydrogens (tertiary/aromatic N) is 3. The number of nitrogens with one attached hydrogen (secondary N) is 1. The van der Waals surface area contributed by atoms with Crippen molar-refractivity contribution in [3.63, 3.8) is 0 Å². The molecule has 5 nitrogen and oxygen atoms in total. The molecule has 2 N–H and O–H groups in total. The molecule has 1 heterocycles. The molecule has 2 aromatic carbocycles. The minimum Gasteiger partial charge on any atom is -0.504 e. The number of H-pyrrole nitrogens is 1. The third kappa shape index (κ3) is 1.80. The van der Waals surface area contributed by atoms with E-state index < -0.39 is 0 Å². The summed E-state index contributed by atoms with van der Waals surface area (Å²) in [4.78, 5) is 7.40. The Balaban J connectivity index is 2.40. The van der Waals surface area contributed by atoms with Gasteiger partial charge >= 0.3 is 0 Å². The van der Waals surface area contributed by atoms with Crippen LogP contribution < -0.4 is 0 Å². The van der Waals surface area contributed by atoms with E-state index in [0.717, 1.165) is 5.56 Å². The topological polar surface area (TPSA) is 96.5 Å². The van der Waals surface area contributed by atoms with Crippen LogP contribution in [0.1, 0.15) is 16.7 Å². The molecule has 100 valence electrons. The van der Waals surface area contributed by atoms with E-state index in [1.165, 1.54) is 0 Å². The number of fused-ring (bicyclic) bond motifs is 1. The fourth-order valence-corrected chi connectivity index (χ4v) is 2.34. The van der Waals surface area contributed by atoms with Crippen molar-refractivity contribution >= 4 is 11.0 Å². The highest BCUT2D eigenvalue weighted by atomic mass is 16.3. The minimum atomic E-state index is -0.168. The van der Waals surface area contributed by atoms with Crippen molar-refractivity contribution in [3.05, 3.63) is 47.0 Å². The standard InChI is InChI=1S/C16H10N4O/c1-9-11(7-17)13-14(15(21)12(9)8-18)20-16(19-13)10-5-3-2-4-6-10/h2-6,21H,1H3,(H,19,20). The average Bonchev–Trinajstić information content (AvgIpc) is 2.94. The number of imidazole rings is 1. The highest BCUT2D eigenvalue weighted by molar-refractivity contribution is 5.92. The van der Waals surface area contributed by atoms with Crippen LogP contribution in [0.4, 0.5) is 0 Å². The number of aromatic hydroxyl groups is 1. The van der Waals surface area contributed by atoms with E-state index in [1.807, 2.05) is 36.4 Å². The van der Waals surface area contributed by atoms with Gasteiger partial charge in [0.05, 0.1) is 5.56 Å². The zero-order chi connectivity index (χ0) is 15.0. The first kappa shape index (κ1) is 12.7. The first-order chi connectivity index (χ1) is 10.2. The van der Waals surface area contributed by atoms with Crippen molar-refractivity contribution in [1.82, 2.24) is 9.97 Å². The van der Waals surface area contributed by atoms with Gasteiger partial charge in [0.2, 0.25) is 0 Å². The summed E-state index contributed by atoms with van der Waals surface area (Å²) in [5.74, 6) is 0.380. The molecule has 0 fully saturated rings. The Morgan fingerprint density at radius 3 is 2.38 bits per heavy atom. The van der Waals surface area contributed by atoms with E-state index in [4.69, 9.17) is 5.26 Å². The van der Waals surface area contributed by atoms with Gasteiger partial charge in [-0.15, -0.1) is 0 Å². The number of phenolic OH excluding ortho intramolecular Hbond substituents is 1. The Morgan fingerprint density at radius 2 is 1.76 bits per heavy atom. The summed E-state index contributed by atoms with van der Waals surface area (Å²) >= 11 is 0. The Kier molecular flexibility index (Phi) is 2.82. The van der Waals surface area contributed by atoms with Crippen LogP contribution in [0.5, 0.6) is 5.75 Å². The molecule has 21 heavy (non-hydrogen) atoms. The van der Waals surface area contributed by atoms with Crippen LogP contribution in [0.15, 0.2) is 30.3 Å². The Bertz CT molecular complexity index is 927. The van der Waals surface area contributed by atoms with Crippen molar-refractivity contribution in [2.24, 2.45) is 0 Å². The molecule has 0 radical (unpaired) electrons. The number of benzene rings is 2. The number of nitriles is 2. The maximum Gasteiger partial charge on any atom is 0.159 e. The summed E-state index contributed by atoms with van der Waals surface area (Å²) in [6.07, 6.45) is 0. The van der Waals surface area contributed by atoms with E-state index in [2.05, 4.69) is 16.0 Å². The number of phenols is 1. The Morgan fingerprint density at radius 1 is 1.10 bits per heavy atom. The molecule has 0 spiro atoms. The summed E-state index contributed by atoms with van der Waals surface area (Å²) < 4.78 is 0. The van der Waals surface area contributed by atoms with E-state index in [-0.39, 0.29) is 11.3 Å². The predicted octanol–water partition coefficient (Wildman–Crippen LogP) is 2.99. The van der Waals surface area contributed by atoms with Gasteiger partial charge in [0.25, 0.3) is 0 Å². The highest BCUT2D eigenvalue weighted by Crippen LogP contribution is 2.34. The fraction of sp³-hybridized carbons (Fsp3) is 0.0625. The van der Waals surface area contributed by atoms with Crippen LogP contribution in [0.3, 0.4) is 0 Å². The predicted molar refractivity (Wildman–Crippen MR) is 77.4 cm³/mol. The van der Waals surface area contributed by atoms with E-state index in [0.29, 0.717) is 28.0 Å². The van der Waals surface area contributed by atoms with Gasteiger partial charge < -0.3 is 10.1 Å². The molecule has 0 aliphatic rings. The zero-order valence-electron chi connectivity index (χ0n) is 11.2. The molecular formula is C16H10N4O. The largest absolute Gasteiger partial charge is 0.504 e. The molecule has 3 rings (SSSR count). The summed E-state index contributed by atoms with van der Waals surface area (Å²) in [6.45, 7) is 1.63. The molecule has 0 saturated carbocycles. The van der Waals surface area contributed by atoms with E-state index in [1.54, 1.807) is 6.92 Å². The van der Waals surface area contributed by atoms with Crippen molar-refractivity contribution in [2.75, 3.05) is 0 Å². The summed E-state index contributed by atoms with van der Waals surface area (Å²) in [6, 6.07) is 13.4. The van der Waals surface area contributed by atoms with Crippen LogP contribution in [0.2, 0.25) is 0 Å². The lowest BCUT2D eigenvalue weighted by Gasteiger charge is -2.04. The first-order valence-electron chi connectivity index (χ1n) is 6.28. The van der Waals surface area contributed by atoms with Gasteiger partial charge in [-0.3, -0.25) is 0 Å². The fourth-order valence-electron chi connectivity index (χ4n) is 2.34. The molecule has 0 unspecified atom stereocenters. The SMILES string of the molecule is Cc1c(C#N)c(O)c2[nH]c(-c3ccccc3)nc2c1C#N. The number of rotatable bonds is 1. The van der Waals surface area contributed by atoms with Gasteiger partial charge in [-0.25, -0.2) is 4.98 Å². The lowest BCUT2D eigenvalue weighted by atomic mass is 10.0. The second kappa shape index (κ2) is 4.66. The maximum absolute atomic E-state index is 10.2. The molecule has 0 atom stereocenters. The van der Waals surface area contributed by atoms with Crippen LogP contribution in [0.25, 0.3) is 22.4 Å². The maximum atomic E-state index is 10.2. The van der Waals surface area contributed by atoms with Gasteiger partial charge in [0.15, 0.2) is 5.75 Å². The van der Waals surface area contributed by atoms with Gasteiger partial charge in [-0.05, 0) is 12.5 Å². The normalized spacial score (nSPS) is 10.2. The molecule has 1 aromatic heterocycles. The number of aromatic nitrogens is 2. The third-order valence-electron chi connectivity index (χ3n) is 3.44. The van der Waals surface area contributed by atoms with E-state index >= 15 is 0 Å². The molecular weight excluding hydrogens is 264 g/mol. The van der Waals surface area contributed by atoms with Gasteiger partial charge in [0, 0.05) is 5.56 Å².